The highest BCUT2D eigenvalue weighted by Gasteiger charge is 2.26. The van der Waals surface area contributed by atoms with Gasteiger partial charge >= 0.3 is 0 Å². The van der Waals surface area contributed by atoms with Crippen LogP contribution in [0, 0.1) is 5.41 Å². The van der Waals surface area contributed by atoms with Gasteiger partial charge in [-0.15, -0.1) is 0 Å². The molecule has 1 aromatic rings. The van der Waals surface area contributed by atoms with E-state index in [-0.39, 0.29) is 5.41 Å². The van der Waals surface area contributed by atoms with Crippen molar-refractivity contribution in [3.63, 3.8) is 0 Å². The lowest BCUT2D eigenvalue weighted by molar-refractivity contribution is 0.0938. The molecule has 34 heavy (non-hydrogen) atoms. The number of aliphatic hydroxyl groups is 1. The molecule has 1 heterocycles. The number of aliphatic hydroxyl groups excluding tert-OH is 1. The normalized spacial score (nSPS) is 13.6. The predicted molar refractivity (Wildman–Crippen MR) is 150 cm³/mol. The van der Waals surface area contributed by atoms with Crippen molar-refractivity contribution in [3.8, 4) is 0 Å². The van der Waals surface area contributed by atoms with Crippen molar-refractivity contribution in [2.24, 2.45) is 5.41 Å². The second-order valence-electron chi connectivity index (χ2n) is 10.1. The van der Waals surface area contributed by atoms with Gasteiger partial charge in [-0.3, -0.25) is 4.98 Å². The summed E-state index contributed by atoms with van der Waals surface area (Å²) < 4.78 is 0. The van der Waals surface area contributed by atoms with Crippen LogP contribution in [0.1, 0.15) is 122 Å². The molecule has 0 spiro atoms. The van der Waals surface area contributed by atoms with Crippen LogP contribution in [0.25, 0.3) is 0 Å². The molecule has 1 unspecified atom stereocenters. The standard InChI is InChI=1S/C32H53NO/c1-4-6-15-22-30(3)23-16-11-7-9-13-19-26-32(5-2,29-34)27-20-14-10-8-12-17-24-31-25-18-21-28-33-31/h4,6,15,18,21-22,25,28,34H,3,5,7-14,16-17,19-20,23-24,26-27,29H2,1-2H3/b6-4-,22-15-. The van der Waals surface area contributed by atoms with Crippen LogP contribution in [-0.4, -0.2) is 16.7 Å². The minimum Gasteiger partial charge on any atom is -0.396 e. The van der Waals surface area contributed by atoms with Gasteiger partial charge in [-0.25, -0.2) is 0 Å². The van der Waals surface area contributed by atoms with Crippen molar-refractivity contribution in [1.82, 2.24) is 4.98 Å². The van der Waals surface area contributed by atoms with Crippen LogP contribution in [0.5, 0.6) is 0 Å². The molecule has 0 aliphatic heterocycles. The van der Waals surface area contributed by atoms with Gasteiger partial charge in [-0.05, 0) is 69.4 Å². The number of aromatic nitrogens is 1. The summed E-state index contributed by atoms with van der Waals surface area (Å²) in [5.41, 5.74) is 2.62. The molecule has 0 saturated heterocycles. The summed E-state index contributed by atoms with van der Waals surface area (Å²) in [5.74, 6) is 0. The molecule has 0 aliphatic rings. The smallest absolute Gasteiger partial charge is 0.0487 e. The van der Waals surface area contributed by atoms with Crippen molar-refractivity contribution in [2.45, 2.75) is 123 Å². The number of nitrogens with zero attached hydrogens (tertiary/aromatic N) is 1. The molecule has 0 radical (unpaired) electrons. The zero-order valence-electron chi connectivity index (χ0n) is 22.4. The Morgan fingerprint density at radius 2 is 1.50 bits per heavy atom. The highest BCUT2D eigenvalue weighted by atomic mass is 16.3. The Balaban J connectivity index is 2.04. The topological polar surface area (TPSA) is 33.1 Å². The van der Waals surface area contributed by atoms with E-state index >= 15 is 0 Å². The number of unbranched alkanes of at least 4 members (excludes halogenated alkanes) is 10. The van der Waals surface area contributed by atoms with Gasteiger partial charge in [0.25, 0.3) is 0 Å². The van der Waals surface area contributed by atoms with E-state index in [4.69, 9.17) is 0 Å². The zero-order valence-corrected chi connectivity index (χ0v) is 22.4. The van der Waals surface area contributed by atoms with Crippen LogP contribution < -0.4 is 0 Å². The molecule has 0 amide bonds. The summed E-state index contributed by atoms with van der Waals surface area (Å²) in [7, 11) is 0. The second-order valence-corrected chi connectivity index (χ2v) is 10.1. The highest BCUT2D eigenvalue weighted by Crippen LogP contribution is 2.35. The molecule has 0 bridgehead atoms. The van der Waals surface area contributed by atoms with Gasteiger partial charge in [-0.1, -0.05) is 114 Å². The summed E-state index contributed by atoms with van der Waals surface area (Å²) in [6.07, 6.45) is 31.4. The SMILES string of the molecule is C=C(/C=C\C=C/C)CCCCCCCCC(CC)(CO)CCCCCCCCc1ccccn1. The maximum Gasteiger partial charge on any atom is 0.0487 e. The number of allylic oxidation sites excluding steroid dienone is 5. The molecule has 0 fully saturated rings. The fourth-order valence-corrected chi connectivity index (χ4v) is 4.75. The van der Waals surface area contributed by atoms with Gasteiger partial charge in [0.05, 0.1) is 0 Å². The lowest BCUT2D eigenvalue weighted by Gasteiger charge is -2.31. The van der Waals surface area contributed by atoms with Gasteiger partial charge < -0.3 is 5.11 Å². The quantitative estimate of drug-likeness (QED) is 0.136. The number of rotatable bonds is 22. The Morgan fingerprint density at radius 3 is 2.06 bits per heavy atom. The first-order valence-electron chi connectivity index (χ1n) is 14.1. The first-order chi connectivity index (χ1) is 16.7. The Morgan fingerprint density at radius 1 is 0.882 bits per heavy atom. The fraction of sp³-hybridized carbons (Fsp3) is 0.656. The van der Waals surface area contributed by atoms with E-state index < -0.39 is 0 Å². The third kappa shape index (κ3) is 15.3. The Kier molecular flexibility index (Phi) is 18.5. The summed E-state index contributed by atoms with van der Waals surface area (Å²) in [6, 6.07) is 6.19. The van der Waals surface area contributed by atoms with Gasteiger partial charge in [0.15, 0.2) is 0 Å². The first kappa shape index (κ1) is 30.4. The van der Waals surface area contributed by atoms with Crippen LogP contribution in [0.4, 0.5) is 0 Å². The summed E-state index contributed by atoms with van der Waals surface area (Å²) >= 11 is 0. The van der Waals surface area contributed by atoms with Crippen LogP contribution in [0.2, 0.25) is 0 Å². The monoisotopic (exact) mass is 467 g/mol. The molecule has 192 valence electrons. The molecule has 2 heteroatoms. The van der Waals surface area contributed by atoms with E-state index in [1.54, 1.807) is 0 Å². The summed E-state index contributed by atoms with van der Waals surface area (Å²) in [5, 5.41) is 10.1. The molecule has 2 nitrogen and oxygen atoms in total. The van der Waals surface area contributed by atoms with E-state index in [0.717, 1.165) is 19.3 Å². The largest absolute Gasteiger partial charge is 0.396 e. The molecule has 0 aliphatic carbocycles. The van der Waals surface area contributed by atoms with E-state index in [1.807, 2.05) is 25.3 Å². The minimum atomic E-state index is 0.163. The number of hydrogen-bond acceptors (Lipinski definition) is 2. The van der Waals surface area contributed by atoms with Crippen LogP contribution in [0.15, 0.2) is 60.9 Å². The maximum absolute atomic E-state index is 10.1. The van der Waals surface area contributed by atoms with Crippen molar-refractivity contribution in [1.29, 1.82) is 0 Å². The van der Waals surface area contributed by atoms with Crippen molar-refractivity contribution in [3.05, 3.63) is 66.5 Å². The van der Waals surface area contributed by atoms with Crippen LogP contribution in [0.3, 0.4) is 0 Å². The molecular weight excluding hydrogens is 414 g/mol. The average Bonchev–Trinajstić information content (AvgIpc) is 2.87. The molecule has 1 rings (SSSR count). The number of hydrogen-bond donors (Lipinski definition) is 1. The maximum atomic E-state index is 10.1. The van der Waals surface area contributed by atoms with E-state index in [1.165, 1.54) is 101 Å². The zero-order chi connectivity index (χ0) is 24.7. The Hall–Kier alpha value is -1.67. The minimum absolute atomic E-state index is 0.163. The average molecular weight is 468 g/mol. The number of aryl methyl sites for hydroxylation is 1. The molecule has 0 aromatic carbocycles. The predicted octanol–water partition coefficient (Wildman–Crippen LogP) is 9.55. The third-order valence-corrected chi connectivity index (χ3v) is 7.29. The second kappa shape index (κ2) is 20.7. The molecule has 0 saturated carbocycles. The number of pyridine rings is 1. The first-order valence-corrected chi connectivity index (χ1v) is 14.1. The fourth-order valence-electron chi connectivity index (χ4n) is 4.75. The van der Waals surface area contributed by atoms with Gasteiger partial charge in [0.1, 0.15) is 0 Å². The lowest BCUT2D eigenvalue weighted by Crippen LogP contribution is -2.24. The highest BCUT2D eigenvalue weighted by molar-refractivity contribution is 5.18. The Bertz CT molecular complexity index is 657. The summed E-state index contributed by atoms with van der Waals surface area (Å²) in [4.78, 5) is 4.41. The molecular formula is C32H53NO. The Labute approximate surface area is 211 Å². The third-order valence-electron chi connectivity index (χ3n) is 7.29. The molecule has 1 aromatic heterocycles. The molecule has 1 N–H and O–H groups in total. The lowest BCUT2D eigenvalue weighted by atomic mass is 9.76. The van der Waals surface area contributed by atoms with Crippen LogP contribution >= 0.6 is 0 Å². The summed E-state index contributed by atoms with van der Waals surface area (Å²) in [6.45, 7) is 8.79. The van der Waals surface area contributed by atoms with E-state index in [2.05, 4.69) is 48.8 Å². The van der Waals surface area contributed by atoms with Crippen molar-refractivity contribution in [2.75, 3.05) is 6.61 Å². The van der Waals surface area contributed by atoms with Gasteiger partial charge in [-0.2, -0.15) is 0 Å². The van der Waals surface area contributed by atoms with Crippen molar-refractivity contribution >= 4 is 0 Å². The van der Waals surface area contributed by atoms with Gasteiger partial charge in [0.2, 0.25) is 0 Å². The van der Waals surface area contributed by atoms with Crippen LogP contribution in [-0.2, 0) is 6.42 Å². The van der Waals surface area contributed by atoms with E-state index in [0.29, 0.717) is 6.61 Å². The van der Waals surface area contributed by atoms with E-state index in [9.17, 15) is 5.11 Å². The van der Waals surface area contributed by atoms with Crippen molar-refractivity contribution < 1.29 is 5.11 Å². The van der Waals surface area contributed by atoms with Gasteiger partial charge in [0, 0.05) is 18.5 Å². The molecule has 1 atom stereocenters.